The van der Waals surface area contributed by atoms with Crippen LogP contribution in [0.15, 0.2) is 42.7 Å². The van der Waals surface area contributed by atoms with Gasteiger partial charge in [-0.2, -0.15) is 0 Å². The molecule has 4 rings (SSSR count). The molecular formula is C29H40N4O3. The minimum atomic E-state index is -0.869. The Morgan fingerprint density at radius 1 is 1.11 bits per heavy atom. The summed E-state index contributed by atoms with van der Waals surface area (Å²) in [6.45, 7) is 8.73. The summed E-state index contributed by atoms with van der Waals surface area (Å²) in [4.78, 5) is 33.9. The van der Waals surface area contributed by atoms with E-state index in [1.54, 1.807) is 17.3 Å². The van der Waals surface area contributed by atoms with E-state index in [0.717, 1.165) is 36.8 Å². The molecule has 3 N–H and O–H groups in total. The van der Waals surface area contributed by atoms with Crippen LogP contribution in [0.2, 0.25) is 0 Å². The monoisotopic (exact) mass is 492 g/mol. The Kier molecular flexibility index (Phi) is 8.10. The highest BCUT2D eigenvalue weighted by atomic mass is 16.3. The second kappa shape index (κ2) is 11.1. The van der Waals surface area contributed by atoms with Gasteiger partial charge in [0.2, 0.25) is 11.8 Å². The van der Waals surface area contributed by atoms with Crippen LogP contribution in [0.3, 0.4) is 0 Å². The second-order valence-corrected chi connectivity index (χ2v) is 11.4. The van der Waals surface area contributed by atoms with Crippen molar-refractivity contribution in [3.63, 3.8) is 0 Å². The van der Waals surface area contributed by atoms with Crippen LogP contribution in [-0.4, -0.2) is 46.6 Å². The Labute approximate surface area is 214 Å². The molecule has 2 aliphatic rings. The zero-order valence-corrected chi connectivity index (χ0v) is 22.0. The number of benzene rings is 1. The van der Waals surface area contributed by atoms with Crippen LogP contribution in [0.4, 0.5) is 5.69 Å². The molecule has 1 unspecified atom stereocenters. The SMILES string of the molecule is Cc1cncc(C(C(=O)NC2CCCCC2)N(C(=O)[C@H]2C[C@@H](O)CN2)c2ccc(C(C)(C)C)cc2)c1. The minimum Gasteiger partial charge on any atom is -0.392 e. The molecule has 7 heteroatoms. The number of anilines is 1. The van der Waals surface area contributed by atoms with Crippen LogP contribution >= 0.6 is 0 Å². The number of amides is 2. The smallest absolute Gasteiger partial charge is 0.248 e. The maximum atomic E-state index is 14.0. The number of aliphatic hydroxyl groups excluding tert-OH is 1. The Balaban J connectivity index is 1.77. The summed E-state index contributed by atoms with van der Waals surface area (Å²) < 4.78 is 0. The number of nitrogens with one attached hydrogen (secondary N) is 2. The fourth-order valence-corrected chi connectivity index (χ4v) is 5.27. The number of aliphatic hydroxyl groups is 1. The third kappa shape index (κ3) is 6.13. The maximum absolute atomic E-state index is 14.0. The number of nitrogens with zero attached hydrogens (tertiary/aromatic N) is 2. The predicted molar refractivity (Wildman–Crippen MR) is 142 cm³/mol. The first-order valence-corrected chi connectivity index (χ1v) is 13.2. The molecule has 7 nitrogen and oxygen atoms in total. The van der Waals surface area contributed by atoms with Gasteiger partial charge in [0, 0.05) is 36.2 Å². The van der Waals surface area contributed by atoms with E-state index in [0.29, 0.717) is 24.2 Å². The van der Waals surface area contributed by atoms with Crippen LogP contribution < -0.4 is 15.5 Å². The Morgan fingerprint density at radius 2 is 1.81 bits per heavy atom. The van der Waals surface area contributed by atoms with Crippen molar-refractivity contribution in [2.75, 3.05) is 11.4 Å². The number of carbonyl (C=O) groups is 2. The van der Waals surface area contributed by atoms with E-state index in [9.17, 15) is 14.7 Å². The van der Waals surface area contributed by atoms with Crippen LogP contribution in [0.5, 0.6) is 0 Å². The van der Waals surface area contributed by atoms with Gasteiger partial charge >= 0.3 is 0 Å². The quantitative estimate of drug-likeness (QED) is 0.568. The fourth-order valence-electron chi connectivity index (χ4n) is 5.27. The first kappa shape index (κ1) is 26.3. The molecule has 194 valence electrons. The van der Waals surface area contributed by atoms with E-state index in [4.69, 9.17) is 0 Å². The zero-order chi connectivity index (χ0) is 25.9. The predicted octanol–water partition coefficient (Wildman–Crippen LogP) is 3.93. The molecule has 1 aromatic carbocycles. The number of rotatable bonds is 6. The minimum absolute atomic E-state index is 0.0390. The van der Waals surface area contributed by atoms with Crippen molar-refractivity contribution in [1.29, 1.82) is 0 Å². The summed E-state index contributed by atoms with van der Waals surface area (Å²) in [6.07, 6.45) is 8.46. The molecule has 2 aromatic rings. The second-order valence-electron chi connectivity index (χ2n) is 11.4. The van der Waals surface area contributed by atoms with Crippen molar-refractivity contribution in [2.24, 2.45) is 0 Å². The van der Waals surface area contributed by atoms with Crippen LogP contribution in [0.25, 0.3) is 0 Å². The average Bonchev–Trinajstić information content (AvgIpc) is 3.28. The van der Waals surface area contributed by atoms with Crippen molar-refractivity contribution in [3.05, 3.63) is 59.4 Å². The van der Waals surface area contributed by atoms with Crippen LogP contribution in [-0.2, 0) is 15.0 Å². The van der Waals surface area contributed by atoms with Gasteiger partial charge in [-0.1, -0.05) is 58.2 Å². The number of carbonyl (C=O) groups excluding carboxylic acids is 2. The summed E-state index contributed by atoms with van der Waals surface area (Å²) >= 11 is 0. The van der Waals surface area contributed by atoms with Crippen LogP contribution in [0, 0.1) is 6.92 Å². The van der Waals surface area contributed by atoms with E-state index in [1.165, 1.54) is 6.42 Å². The van der Waals surface area contributed by atoms with Gasteiger partial charge in [-0.15, -0.1) is 0 Å². The lowest BCUT2D eigenvalue weighted by Crippen LogP contribution is -2.51. The van der Waals surface area contributed by atoms with E-state index >= 15 is 0 Å². The third-order valence-corrected chi connectivity index (χ3v) is 7.32. The van der Waals surface area contributed by atoms with Crippen molar-refractivity contribution >= 4 is 17.5 Å². The molecule has 36 heavy (non-hydrogen) atoms. The highest BCUT2D eigenvalue weighted by molar-refractivity contribution is 6.04. The molecule has 1 saturated carbocycles. The average molecular weight is 493 g/mol. The lowest BCUT2D eigenvalue weighted by molar-refractivity contribution is -0.128. The largest absolute Gasteiger partial charge is 0.392 e. The fraction of sp³-hybridized carbons (Fsp3) is 0.552. The van der Waals surface area contributed by atoms with Crippen LogP contribution in [0.1, 0.15) is 82.0 Å². The summed E-state index contributed by atoms with van der Waals surface area (Å²) in [5.41, 5.74) is 3.36. The molecule has 1 saturated heterocycles. The Hall–Kier alpha value is -2.77. The molecule has 2 amide bonds. The number of β-amino-alcohol motifs (C(OH)–C–C–N with tert-alkyl or cyclic N) is 1. The molecule has 3 atom stereocenters. The van der Waals surface area contributed by atoms with Gasteiger partial charge in [0.25, 0.3) is 0 Å². The number of aromatic nitrogens is 1. The molecule has 1 aliphatic heterocycles. The molecule has 0 radical (unpaired) electrons. The van der Waals surface area contributed by atoms with E-state index in [1.807, 2.05) is 37.3 Å². The zero-order valence-electron chi connectivity index (χ0n) is 22.0. The van der Waals surface area contributed by atoms with Gasteiger partial charge in [0.1, 0.15) is 6.04 Å². The molecule has 2 fully saturated rings. The topological polar surface area (TPSA) is 94.6 Å². The number of hydrogen-bond donors (Lipinski definition) is 3. The first-order valence-electron chi connectivity index (χ1n) is 13.2. The van der Waals surface area contributed by atoms with Crippen molar-refractivity contribution in [2.45, 2.75) is 95.9 Å². The highest BCUT2D eigenvalue weighted by Gasteiger charge is 2.39. The summed E-state index contributed by atoms with van der Waals surface area (Å²) in [5, 5.41) is 16.5. The van der Waals surface area contributed by atoms with Crippen molar-refractivity contribution in [1.82, 2.24) is 15.6 Å². The number of aryl methyl sites for hydroxylation is 1. The molecular weight excluding hydrogens is 452 g/mol. The number of pyridine rings is 1. The van der Waals surface area contributed by atoms with E-state index in [-0.39, 0.29) is 23.3 Å². The Morgan fingerprint density at radius 3 is 2.39 bits per heavy atom. The van der Waals surface area contributed by atoms with E-state index in [2.05, 4.69) is 36.4 Å². The van der Waals surface area contributed by atoms with Gasteiger partial charge in [-0.3, -0.25) is 19.5 Å². The van der Waals surface area contributed by atoms with Gasteiger partial charge in [-0.25, -0.2) is 0 Å². The first-order chi connectivity index (χ1) is 17.1. The Bertz CT molecular complexity index is 1060. The van der Waals surface area contributed by atoms with Crippen molar-refractivity contribution < 1.29 is 14.7 Å². The molecule has 2 heterocycles. The molecule has 0 bridgehead atoms. The normalized spacial score (nSPS) is 21.7. The molecule has 0 spiro atoms. The van der Waals surface area contributed by atoms with E-state index < -0.39 is 18.2 Å². The van der Waals surface area contributed by atoms with Gasteiger partial charge in [0.05, 0.1) is 12.1 Å². The van der Waals surface area contributed by atoms with Gasteiger partial charge in [-0.05, 0) is 54.9 Å². The van der Waals surface area contributed by atoms with Gasteiger partial charge < -0.3 is 15.7 Å². The maximum Gasteiger partial charge on any atom is 0.248 e. The van der Waals surface area contributed by atoms with Crippen molar-refractivity contribution in [3.8, 4) is 0 Å². The van der Waals surface area contributed by atoms with Gasteiger partial charge in [0.15, 0.2) is 0 Å². The highest BCUT2D eigenvalue weighted by Crippen LogP contribution is 2.33. The summed E-state index contributed by atoms with van der Waals surface area (Å²) in [7, 11) is 0. The standard InChI is InChI=1S/C29H40N4O3/c1-19-14-20(17-30-16-19)26(27(35)32-22-8-6-5-7-9-22)33(28(36)25-15-24(34)18-31-25)23-12-10-21(11-13-23)29(2,3)4/h10-14,16-17,22,24-26,31,34H,5-9,15,18H2,1-4H3,(H,32,35)/t24-,25-,26?/m1/s1. The molecule has 1 aromatic heterocycles. The summed E-state index contributed by atoms with van der Waals surface area (Å²) in [5.74, 6) is -0.415. The molecule has 1 aliphatic carbocycles. The lowest BCUT2D eigenvalue weighted by Gasteiger charge is -2.35. The lowest BCUT2D eigenvalue weighted by atomic mass is 9.87. The third-order valence-electron chi connectivity index (χ3n) is 7.32. The number of hydrogen-bond acceptors (Lipinski definition) is 5. The summed E-state index contributed by atoms with van der Waals surface area (Å²) in [6, 6.07) is 8.50.